The van der Waals surface area contributed by atoms with Crippen LogP contribution in [0.4, 0.5) is 0 Å². The zero-order valence-electron chi connectivity index (χ0n) is 10.8. The highest BCUT2D eigenvalue weighted by Gasteiger charge is 2.31. The Hall–Kier alpha value is -0.820. The molecule has 0 heterocycles. The number of aryl methyl sites for hydroxylation is 1. The van der Waals surface area contributed by atoms with Gasteiger partial charge in [0.1, 0.15) is 0 Å². The van der Waals surface area contributed by atoms with Crippen LogP contribution in [0, 0.1) is 0 Å². The van der Waals surface area contributed by atoms with Gasteiger partial charge in [0, 0.05) is 0 Å². The Balaban J connectivity index is 2.22. The van der Waals surface area contributed by atoms with Crippen molar-refractivity contribution in [3.63, 3.8) is 0 Å². The first kappa shape index (κ1) is 11.7. The van der Waals surface area contributed by atoms with Crippen molar-refractivity contribution < 1.29 is 0 Å². The summed E-state index contributed by atoms with van der Waals surface area (Å²) in [6.45, 7) is 3.62. The Morgan fingerprint density at radius 1 is 1.25 bits per heavy atom. The zero-order valence-corrected chi connectivity index (χ0v) is 10.8. The van der Waals surface area contributed by atoms with E-state index in [1.807, 2.05) is 0 Å². The molecule has 0 bridgehead atoms. The molecule has 1 aromatic carbocycles. The fourth-order valence-corrected chi connectivity index (χ4v) is 2.86. The maximum Gasteiger partial charge on any atom is -0.00164 e. The fraction of sp³-hybridized carbons (Fsp3) is 0.600. The van der Waals surface area contributed by atoms with Gasteiger partial charge >= 0.3 is 0 Å². The van der Waals surface area contributed by atoms with Crippen molar-refractivity contribution in [3.8, 4) is 0 Å². The number of benzene rings is 1. The SMILES string of the molecule is CN(C)CCC1(C)CCCc2ccccc21. The lowest BCUT2D eigenvalue weighted by Crippen LogP contribution is -2.31. The Morgan fingerprint density at radius 3 is 2.75 bits per heavy atom. The summed E-state index contributed by atoms with van der Waals surface area (Å²) in [4.78, 5) is 2.29. The molecule has 1 unspecified atom stereocenters. The number of fused-ring (bicyclic) bond motifs is 1. The second-order valence-electron chi connectivity index (χ2n) is 5.62. The summed E-state index contributed by atoms with van der Waals surface area (Å²) in [6, 6.07) is 9.02. The van der Waals surface area contributed by atoms with Crippen LogP contribution in [0.25, 0.3) is 0 Å². The zero-order chi connectivity index (χ0) is 11.6. The third-order valence-corrected chi connectivity index (χ3v) is 3.95. The van der Waals surface area contributed by atoms with E-state index in [1.165, 1.54) is 32.2 Å². The number of hydrogen-bond acceptors (Lipinski definition) is 1. The first-order valence-corrected chi connectivity index (χ1v) is 6.35. The number of nitrogens with zero attached hydrogens (tertiary/aromatic N) is 1. The lowest BCUT2D eigenvalue weighted by Gasteiger charge is -2.37. The Bertz CT molecular complexity index is 356. The fourth-order valence-electron chi connectivity index (χ4n) is 2.86. The smallest absolute Gasteiger partial charge is 0.00164 e. The maximum atomic E-state index is 2.44. The average Bonchev–Trinajstić information content (AvgIpc) is 2.27. The lowest BCUT2D eigenvalue weighted by molar-refractivity contribution is 0.300. The van der Waals surface area contributed by atoms with E-state index in [-0.39, 0.29) is 0 Å². The van der Waals surface area contributed by atoms with Gasteiger partial charge in [-0.15, -0.1) is 0 Å². The van der Waals surface area contributed by atoms with Gasteiger partial charge in [0.05, 0.1) is 0 Å². The summed E-state index contributed by atoms with van der Waals surface area (Å²) in [6.07, 6.45) is 5.24. The van der Waals surface area contributed by atoms with Gasteiger partial charge in [-0.3, -0.25) is 0 Å². The van der Waals surface area contributed by atoms with E-state index in [0.29, 0.717) is 5.41 Å². The molecule has 16 heavy (non-hydrogen) atoms. The molecule has 0 fully saturated rings. The molecule has 0 N–H and O–H groups in total. The summed E-state index contributed by atoms with van der Waals surface area (Å²) in [7, 11) is 4.33. The van der Waals surface area contributed by atoms with Crippen molar-refractivity contribution in [3.05, 3.63) is 35.4 Å². The van der Waals surface area contributed by atoms with Gasteiger partial charge in [-0.05, 0) is 62.9 Å². The third kappa shape index (κ3) is 2.30. The molecular weight excluding hydrogens is 194 g/mol. The van der Waals surface area contributed by atoms with Crippen LogP contribution in [-0.2, 0) is 11.8 Å². The van der Waals surface area contributed by atoms with Gasteiger partial charge in [-0.25, -0.2) is 0 Å². The molecule has 0 aliphatic heterocycles. The van der Waals surface area contributed by atoms with Gasteiger partial charge in [0.25, 0.3) is 0 Å². The van der Waals surface area contributed by atoms with Crippen molar-refractivity contribution in [2.45, 2.75) is 38.0 Å². The maximum absolute atomic E-state index is 2.44. The van der Waals surface area contributed by atoms with Crippen LogP contribution in [-0.4, -0.2) is 25.5 Å². The lowest BCUT2D eigenvalue weighted by atomic mass is 9.69. The second-order valence-corrected chi connectivity index (χ2v) is 5.62. The van der Waals surface area contributed by atoms with E-state index in [2.05, 4.69) is 50.2 Å². The molecule has 1 aliphatic carbocycles. The standard InChI is InChI=1S/C15H23N/c1-15(11-12-16(2)3)10-6-8-13-7-4-5-9-14(13)15/h4-5,7,9H,6,8,10-12H2,1-3H3. The highest BCUT2D eigenvalue weighted by molar-refractivity contribution is 5.36. The Morgan fingerprint density at radius 2 is 2.00 bits per heavy atom. The predicted octanol–water partition coefficient (Wildman–Crippen LogP) is 3.23. The van der Waals surface area contributed by atoms with Gasteiger partial charge in [0.2, 0.25) is 0 Å². The quantitative estimate of drug-likeness (QED) is 0.751. The molecule has 2 rings (SSSR count). The molecule has 1 aromatic rings. The largest absolute Gasteiger partial charge is 0.309 e. The van der Waals surface area contributed by atoms with Crippen LogP contribution < -0.4 is 0 Å². The van der Waals surface area contributed by atoms with Crippen molar-refractivity contribution >= 4 is 0 Å². The Labute approximate surface area is 99.5 Å². The third-order valence-electron chi connectivity index (χ3n) is 3.95. The van der Waals surface area contributed by atoms with Crippen LogP contribution >= 0.6 is 0 Å². The molecule has 1 heteroatoms. The highest BCUT2D eigenvalue weighted by atomic mass is 15.0. The number of hydrogen-bond donors (Lipinski definition) is 0. The molecule has 1 atom stereocenters. The van der Waals surface area contributed by atoms with E-state index >= 15 is 0 Å². The molecule has 88 valence electrons. The van der Waals surface area contributed by atoms with E-state index in [1.54, 1.807) is 11.1 Å². The molecule has 0 saturated heterocycles. The van der Waals surface area contributed by atoms with Crippen molar-refractivity contribution in [1.29, 1.82) is 0 Å². The summed E-state index contributed by atoms with van der Waals surface area (Å²) in [5.74, 6) is 0. The monoisotopic (exact) mass is 217 g/mol. The van der Waals surface area contributed by atoms with Crippen LogP contribution in [0.2, 0.25) is 0 Å². The summed E-state index contributed by atoms with van der Waals surface area (Å²) < 4.78 is 0. The minimum atomic E-state index is 0.402. The molecule has 0 radical (unpaired) electrons. The summed E-state index contributed by atoms with van der Waals surface area (Å²) in [5, 5.41) is 0. The first-order chi connectivity index (χ1) is 7.62. The summed E-state index contributed by atoms with van der Waals surface area (Å²) >= 11 is 0. The highest BCUT2D eigenvalue weighted by Crippen LogP contribution is 2.39. The normalized spacial score (nSPS) is 24.5. The topological polar surface area (TPSA) is 3.24 Å². The van der Waals surface area contributed by atoms with E-state index < -0.39 is 0 Å². The van der Waals surface area contributed by atoms with E-state index in [4.69, 9.17) is 0 Å². The van der Waals surface area contributed by atoms with Gasteiger partial charge < -0.3 is 4.90 Å². The molecule has 0 amide bonds. The molecule has 0 saturated carbocycles. The van der Waals surface area contributed by atoms with E-state index in [0.717, 1.165) is 0 Å². The van der Waals surface area contributed by atoms with Crippen LogP contribution in [0.15, 0.2) is 24.3 Å². The van der Waals surface area contributed by atoms with Gasteiger partial charge in [-0.2, -0.15) is 0 Å². The molecule has 0 spiro atoms. The van der Waals surface area contributed by atoms with Crippen molar-refractivity contribution in [2.75, 3.05) is 20.6 Å². The first-order valence-electron chi connectivity index (χ1n) is 6.35. The summed E-state index contributed by atoms with van der Waals surface area (Å²) in [5.41, 5.74) is 3.58. The van der Waals surface area contributed by atoms with Gasteiger partial charge in [0.15, 0.2) is 0 Å². The van der Waals surface area contributed by atoms with Crippen LogP contribution in [0.3, 0.4) is 0 Å². The average molecular weight is 217 g/mol. The minimum Gasteiger partial charge on any atom is -0.309 e. The minimum absolute atomic E-state index is 0.402. The Kier molecular flexibility index (Phi) is 3.34. The van der Waals surface area contributed by atoms with Crippen LogP contribution in [0.5, 0.6) is 0 Å². The van der Waals surface area contributed by atoms with Crippen molar-refractivity contribution in [1.82, 2.24) is 4.90 Å². The second kappa shape index (κ2) is 4.58. The molecular formula is C15H23N. The number of rotatable bonds is 3. The molecule has 1 nitrogen and oxygen atoms in total. The predicted molar refractivity (Wildman–Crippen MR) is 69.9 cm³/mol. The molecule has 1 aliphatic rings. The molecule has 0 aromatic heterocycles. The van der Waals surface area contributed by atoms with Crippen molar-refractivity contribution in [2.24, 2.45) is 0 Å². The van der Waals surface area contributed by atoms with E-state index in [9.17, 15) is 0 Å². The van der Waals surface area contributed by atoms with Crippen LogP contribution in [0.1, 0.15) is 37.3 Å². The van der Waals surface area contributed by atoms with Gasteiger partial charge in [-0.1, -0.05) is 31.2 Å².